The van der Waals surface area contributed by atoms with E-state index < -0.39 is 10.0 Å². The van der Waals surface area contributed by atoms with Crippen LogP contribution in [0, 0.1) is 12.7 Å². The van der Waals surface area contributed by atoms with E-state index in [0.717, 1.165) is 16.7 Å². The predicted molar refractivity (Wildman–Crippen MR) is 141 cm³/mol. The maximum atomic E-state index is 13.6. The van der Waals surface area contributed by atoms with Crippen LogP contribution in [-0.2, 0) is 27.9 Å². The van der Waals surface area contributed by atoms with Crippen molar-refractivity contribution < 1.29 is 22.3 Å². The number of hydrogen-bond acceptors (Lipinski definition) is 4. The second kappa shape index (κ2) is 11.7. The summed E-state index contributed by atoms with van der Waals surface area (Å²) < 4.78 is 47.1. The molecule has 4 aromatic rings. The van der Waals surface area contributed by atoms with Crippen LogP contribution < -0.4 is 14.4 Å². The molecule has 1 amide bonds. The first-order chi connectivity index (χ1) is 17.8. The standard InChI is InChI=1S/C29H27FN2O4S/c1-22-7-17-28(18-8-22)37(34,35)32(20-24-5-3-2-4-6-24)26-13-15-27(16-14-26)36-21-29(33)31-19-23-9-11-25(30)12-10-23/h2-18H,19-21H2,1H3,(H,31,33). The molecule has 0 bridgehead atoms. The van der Waals surface area contributed by atoms with Gasteiger partial charge in [-0.05, 0) is 66.6 Å². The number of nitrogens with zero attached hydrogens (tertiary/aromatic N) is 1. The van der Waals surface area contributed by atoms with Gasteiger partial charge in [0, 0.05) is 6.54 Å². The van der Waals surface area contributed by atoms with E-state index in [0.29, 0.717) is 11.4 Å². The lowest BCUT2D eigenvalue weighted by Gasteiger charge is -2.25. The van der Waals surface area contributed by atoms with Gasteiger partial charge in [0.25, 0.3) is 15.9 Å². The number of aryl methyl sites for hydroxylation is 1. The molecule has 0 heterocycles. The van der Waals surface area contributed by atoms with Crippen molar-refractivity contribution in [1.29, 1.82) is 0 Å². The fourth-order valence-electron chi connectivity index (χ4n) is 3.61. The zero-order chi connectivity index (χ0) is 26.3. The first-order valence-corrected chi connectivity index (χ1v) is 13.1. The van der Waals surface area contributed by atoms with Gasteiger partial charge in [0.2, 0.25) is 0 Å². The van der Waals surface area contributed by atoms with Crippen molar-refractivity contribution in [3.63, 3.8) is 0 Å². The number of hydrogen-bond donors (Lipinski definition) is 1. The molecule has 0 aliphatic carbocycles. The minimum Gasteiger partial charge on any atom is -0.484 e. The van der Waals surface area contributed by atoms with Crippen LogP contribution >= 0.6 is 0 Å². The summed E-state index contributed by atoms with van der Waals surface area (Å²) in [6.07, 6.45) is 0. The molecule has 1 N–H and O–H groups in total. The van der Waals surface area contributed by atoms with E-state index in [1.165, 1.54) is 16.4 Å². The first kappa shape index (κ1) is 25.9. The second-order valence-corrected chi connectivity index (χ2v) is 10.4. The zero-order valence-corrected chi connectivity index (χ0v) is 21.1. The zero-order valence-electron chi connectivity index (χ0n) is 20.3. The van der Waals surface area contributed by atoms with Crippen molar-refractivity contribution >= 4 is 21.6 Å². The van der Waals surface area contributed by atoms with E-state index in [1.54, 1.807) is 60.7 Å². The number of amides is 1. The molecule has 8 heteroatoms. The largest absolute Gasteiger partial charge is 0.484 e. The van der Waals surface area contributed by atoms with Crippen LogP contribution in [0.5, 0.6) is 5.75 Å². The minimum absolute atomic E-state index is 0.156. The van der Waals surface area contributed by atoms with Crippen LogP contribution in [0.15, 0.2) is 108 Å². The van der Waals surface area contributed by atoms with Gasteiger partial charge in [0.1, 0.15) is 11.6 Å². The molecule has 190 valence electrons. The van der Waals surface area contributed by atoms with Crippen LogP contribution in [0.2, 0.25) is 0 Å². The third-order valence-electron chi connectivity index (χ3n) is 5.68. The number of sulfonamides is 1. The van der Waals surface area contributed by atoms with E-state index in [4.69, 9.17) is 4.74 Å². The number of carbonyl (C=O) groups excluding carboxylic acids is 1. The maximum absolute atomic E-state index is 13.6. The molecule has 0 aliphatic rings. The molecule has 0 spiro atoms. The molecular weight excluding hydrogens is 491 g/mol. The summed E-state index contributed by atoms with van der Waals surface area (Å²) in [6.45, 7) is 2.10. The molecule has 0 aromatic heterocycles. The lowest BCUT2D eigenvalue weighted by molar-refractivity contribution is -0.123. The molecule has 4 rings (SSSR count). The normalized spacial score (nSPS) is 11.1. The molecule has 0 aliphatic heterocycles. The van der Waals surface area contributed by atoms with Gasteiger partial charge in [-0.15, -0.1) is 0 Å². The summed E-state index contributed by atoms with van der Waals surface area (Å²) in [6, 6.07) is 28.5. The van der Waals surface area contributed by atoms with Gasteiger partial charge in [-0.25, -0.2) is 12.8 Å². The molecule has 37 heavy (non-hydrogen) atoms. The van der Waals surface area contributed by atoms with E-state index in [9.17, 15) is 17.6 Å². The Labute approximate surface area is 216 Å². The summed E-state index contributed by atoms with van der Waals surface area (Å²) >= 11 is 0. The highest BCUT2D eigenvalue weighted by atomic mass is 32.2. The maximum Gasteiger partial charge on any atom is 0.264 e. The van der Waals surface area contributed by atoms with E-state index in [2.05, 4.69) is 5.32 Å². The number of rotatable bonds is 10. The topological polar surface area (TPSA) is 75.7 Å². The molecule has 0 radical (unpaired) electrons. The highest BCUT2D eigenvalue weighted by molar-refractivity contribution is 7.92. The molecule has 0 saturated heterocycles. The first-order valence-electron chi connectivity index (χ1n) is 11.7. The van der Waals surface area contributed by atoms with Crippen LogP contribution in [0.4, 0.5) is 10.1 Å². The van der Waals surface area contributed by atoms with Crippen molar-refractivity contribution in [2.45, 2.75) is 24.9 Å². The Morgan fingerprint density at radius 3 is 2.14 bits per heavy atom. The predicted octanol–water partition coefficient (Wildman–Crippen LogP) is 5.22. The lowest BCUT2D eigenvalue weighted by atomic mass is 10.2. The summed E-state index contributed by atoms with van der Waals surface area (Å²) in [5.41, 5.74) is 3.05. The van der Waals surface area contributed by atoms with Crippen LogP contribution in [0.1, 0.15) is 16.7 Å². The quantitative estimate of drug-likeness (QED) is 0.312. The number of anilines is 1. The number of nitrogens with one attached hydrogen (secondary N) is 1. The Kier molecular flexibility index (Phi) is 8.20. The molecule has 0 saturated carbocycles. The number of carbonyl (C=O) groups is 1. The van der Waals surface area contributed by atoms with Crippen molar-refractivity contribution in [2.24, 2.45) is 0 Å². The average Bonchev–Trinajstić information content (AvgIpc) is 2.91. The van der Waals surface area contributed by atoms with Gasteiger partial charge >= 0.3 is 0 Å². The summed E-state index contributed by atoms with van der Waals surface area (Å²) in [5, 5.41) is 2.71. The Morgan fingerprint density at radius 1 is 0.838 bits per heavy atom. The van der Waals surface area contributed by atoms with Crippen molar-refractivity contribution in [1.82, 2.24) is 5.32 Å². The fourth-order valence-corrected chi connectivity index (χ4v) is 5.07. The highest BCUT2D eigenvalue weighted by Gasteiger charge is 2.25. The molecule has 0 atom stereocenters. The van der Waals surface area contributed by atoms with Gasteiger partial charge in [-0.1, -0.05) is 60.2 Å². The van der Waals surface area contributed by atoms with E-state index in [1.807, 2.05) is 37.3 Å². The number of ether oxygens (including phenoxy) is 1. The Hall–Kier alpha value is -4.17. The van der Waals surface area contributed by atoms with Crippen molar-refractivity contribution in [3.05, 3.63) is 126 Å². The Bertz CT molecular complexity index is 1420. The van der Waals surface area contributed by atoms with Crippen molar-refractivity contribution in [3.8, 4) is 5.75 Å². The van der Waals surface area contributed by atoms with Gasteiger partial charge in [0.15, 0.2) is 6.61 Å². The van der Waals surface area contributed by atoms with Crippen LogP contribution in [-0.4, -0.2) is 20.9 Å². The monoisotopic (exact) mass is 518 g/mol. The summed E-state index contributed by atoms with van der Waals surface area (Å²) in [7, 11) is -3.84. The summed E-state index contributed by atoms with van der Waals surface area (Å²) in [4.78, 5) is 12.4. The lowest BCUT2D eigenvalue weighted by Crippen LogP contribution is -2.30. The Balaban J connectivity index is 1.45. The smallest absolute Gasteiger partial charge is 0.264 e. The third-order valence-corrected chi connectivity index (χ3v) is 7.46. The third kappa shape index (κ3) is 6.95. The molecule has 6 nitrogen and oxygen atoms in total. The van der Waals surface area contributed by atoms with Crippen LogP contribution in [0.3, 0.4) is 0 Å². The van der Waals surface area contributed by atoms with Gasteiger partial charge in [0.05, 0.1) is 17.1 Å². The molecular formula is C29H27FN2O4S. The van der Waals surface area contributed by atoms with Crippen LogP contribution in [0.25, 0.3) is 0 Å². The summed E-state index contributed by atoms with van der Waals surface area (Å²) in [5.74, 6) is -0.245. The minimum atomic E-state index is -3.84. The SMILES string of the molecule is Cc1ccc(S(=O)(=O)N(Cc2ccccc2)c2ccc(OCC(=O)NCc3ccc(F)cc3)cc2)cc1. The number of halogens is 1. The average molecular weight is 519 g/mol. The Morgan fingerprint density at radius 2 is 1.49 bits per heavy atom. The highest BCUT2D eigenvalue weighted by Crippen LogP contribution is 2.28. The number of benzene rings is 4. The molecule has 0 fully saturated rings. The molecule has 4 aromatic carbocycles. The van der Waals surface area contributed by atoms with Gasteiger partial charge in [-0.2, -0.15) is 0 Å². The van der Waals surface area contributed by atoms with Gasteiger partial charge < -0.3 is 10.1 Å². The molecule has 0 unspecified atom stereocenters. The van der Waals surface area contributed by atoms with Crippen molar-refractivity contribution in [2.75, 3.05) is 10.9 Å². The van der Waals surface area contributed by atoms with E-state index in [-0.39, 0.29) is 36.3 Å². The van der Waals surface area contributed by atoms with E-state index >= 15 is 0 Å². The second-order valence-electron chi connectivity index (χ2n) is 8.50. The fraction of sp³-hybridized carbons (Fsp3) is 0.138. The van der Waals surface area contributed by atoms with Gasteiger partial charge in [-0.3, -0.25) is 9.10 Å².